The molecule has 0 amide bonds. The van der Waals surface area contributed by atoms with Crippen LogP contribution in [0.4, 0.5) is 0 Å². The van der Waals surface area contributed by atoms with Gasteiger partial charge in [-0.15, -0.1) is 0 Å². The normalized spacial score (nSPS) is 16.4. The van der Waals surface area contributed by atoms with Gasteiger partial charge in [-0.2, -0.15) is 0 Å². The highest BCUT2D eigenvalue weighted by Gasteiger charge is 2.19. The number of nitrogens with one attached hydrogen (secondary N) is 1. The molecule has 5 nitrogen and oxygen atoms in total. The van der Waals surface area contributed by atoms with Gasteiger partial charge in [0.05, 0.1) is 17.8 Å². The zero-order valence-electron chi connectivity index (χ0n) is 8.92. The summed E-state index contributed by atoms with van der Waals surface area (Å²) in [4.78, 5) is 21.0. The second kappa shape index (κ2) is 4.12. The summed E-state index contributed by atoms with van der Waals surface area (Å²) in [6.07, 6.45) is 0.847. The Balaban J connectivity index is 2.39. The van der Waals surface area contributed by atoms with E-state index in [0.717, 1.165) is 30.8 Å². The number of nitrogens with two attached hydrogens (primary N) is 1. The Hall–Kier alpha value is -1.20. The van der Waals surface area contributed by atoms with Gasteiger partial charge in [0.1, 0.15) is 5.82 Å². The van der Waals surface area contributed by atoms with Gasteiger partial charge in [-0.25, -0.2) is 4.98 Å². The van der Waals surface area contributed by atoms with Crippen molar-refractivity contribution in [2.75, 3.05) is 13.1 Å². The molecule has 5 heteroatoms. The minimum atomic E-state index is -0.0291. The van der Waals surface area contributed by atoms with Crippen LogP contribution in [0, 0.1) is 0 Å². The Morgan fingerprint density at radius 2 is 2.40 bits per heavy atom. The molecule has 0 atom stereocenters. The Kier molecular flexibility index (Phi) is 2.83. The van der Waals surface area contributed by atoms with E-state index >= 15 is 0 Å². The Bertz CT molecular complexity index is 412. The van der Waals surface area contributed by atoms with E-state index in [1.54, 1.807) is 0 Å². The van der Waals surface area contributed by atoms with E-state index in [2.05, 4.69) is 21.8 Å². The zero-order valence-corrected chi connectivity index (χ0v) is 8.92. The Labute approximate surface area is 88.3 Å². The van der Waals surface area contributed by atoms with Crippen molar-refractivity contribution in [1.82, 2.24) is 14.9 Å². The second-order valence-corrected chi connectivity index (χ2v) is 3.76. The molecule has 0 bridgehead atoms. The highest BCUT2D eigenvalue weighted by atomic mass is 16.1. The van der Waals surface area contributed by atoms with Gasteiger partial charge in [0, 0.05) is 19.5 Å². The molecule has 0 unspecified atom stereocenters. The molecule has 1 aromatic rings. The number of rotatable bonds is 2. The molecule has 0 radical (unpaired) electrons. The maximum Gasteiger partial charge on any atom is 0.255 e. The maximum absolute atomic E-state index is 11.7. The fraction of sp³-hybridized carbons (Fsp3) is 0.600. The molecule has 0 fully saturated rings. The van der Waals surface area contributed by atoms with E-state index in [0.29, 0.717) is 18.9 Å². The molecular weight excluding hydrogens is 192 g/mol. The molecule has 0 spiro atoms. The van der Waals surface area contributed by atoms with E-state index in [4.69, 9.17) is 5.73 Å². The van der Waals surface area contributed by atoms with Gasteiger partial charge in [0.25, 0.3) is 5.56 Å². The summed E-state index contributed by atoms with van der Waals surface area (Å²) in [5.74, 6) is 0.587. The van der Waals surface area contributed by atoms with Gasteiger partial charge < -0.3 is 10.7 Å². The fourth-order valence-corrected chi connectivity index (χ4v) is 1.90. The largest absolute Gasteiger partial charge is 0.324 e. The monoisotopic (exact) mass is 208 g/mol. The van der Waals surface area contributed by atoms with Crippen molar-refractivity contribution in [2.24, 2.45) is 5.73 Å². The number of hydrogen-bond donors (Lipinski definition) is 2. The Morgan fingerprint density at radius 3 is 3.07 bits per heavy atom. The number of nitrogens with zero attached hydrogens (tertiary/aromatic N) is 2. The van der Waals surface area contributed by atoms with Crippen LogP contribution in [0.5, 0.6) is 0 Å². The first kappa shape index (κ1) is 10.3. The standard InChI is InChI=1S/C10H16N4O/c1-2-14-4-3-8-7(6-14)10(15)13-9(5-11)12-8/h2-6,11H2,1H3,(H,12,13,15). The van der Waals surface area contributed by atoms with Crippen LogP contribution in [-0.4, -0.2) is 28.0 Å². The zero-order chi connectivity index (χ0) is 10.8. The molecule has 1 aromatic heterocycles. The molecule has 15 heavy (non-hydrogen) atoms. The van der Waals surface area contributed by atoms with Crippen molar-refractivity contribution >= 4 is 0 Å². The highest BCUT2D eigenvalue weighted by molar-refractivity contribution is 5.20. The van der Waals surface area contributed by atoms with Crippen LogP contribution in [0.15, 0.2) is 4.79 Å². The van der Waals surface area contributed by atoms with Crippen LogP contribution in [0.3, 0.4) is 0 Å². The van der Waals surface area contributed by atoms with Gasteiger partial charge in [0.2, 0.25) is 0 Å². The topological polar surface area (TPSA) is 75.0 Å². The minimum Gasteiger partial charge on any atom is -0.324 e. The molecule has 2 heterocycles. The number of aromatic amines is 1. The first-order valence-electron chi connectivity index (χ1n) is 5.28. The number of hydrogen-bond acceptors (Lipinski definition) is 4. The number of H-pyrrole nitrogens is 1. The third-order valence-electron chi connectivity index (χ3n) is 2.84. The third kappa shape index (κ3) is 1.93. The van der Waals surface area contributed by atoms with Crippen molar-refractivity contribution < 1.29 is 0 Å². The van der Waals surface area contributed by atoms with Gasteiger partial charge in [-0.3, -0.25) is 9.69 Å². The van der Waals surface area contributed by atoms with E-state index in [1.807, 2.05) is 0 Å². The number of aromatic nitrogens is 2. The van der Waals surface area contributed by atoms with Crippen LogP contribution < -0.4 is 11.3 Å². The lowest BCUT2D eigenvalue weighted by Crippen LogP contribution is -2.36. The van der Waals surface area contributed by atoms with Crippen LogP contribution in [0.2, 0.25) is 0 Å². The quantitative estimate of drug-likeness (QED) is 0.694. The van der Waals surface area contributed by atoms with Crippen LogP contribution in [-0.2, 0) is 19.5 Å². The lowest BCUT2D eigenvalue weighted by molar-refractivity contribution is 0.263. The number of fused-ring (bicyclic) bond motifs is 1. The molecule has 0 saturated heterocycles. The molecule has 3 N–H and O–H groups in total. The SMILES string of the molecule is CCN1CCc2nc(CN)[nH]c(=O)c2C1. The van der Waals surface area contributed by atoms with E-state index in [9.17, 15) is 4.79 Å². The lowest BCUT2D eigenvalue weighted by Gasteiger charge is -2.26. The predicted octanol–water partition coefficient (Wildman–Crippen LogP) is -0.393. The average molecular weight is 208 g/mol. The summed E-state index contributed by atoms with van der Waals surface area (Å²) in [5, 5.41) is 0. The van der Waals surface area contributed by atoms with Gasteiger partial charge in [-0.05, 0) is 6.54 Å². The van der Waals surface area contributed by atoms with Crippen molar-refractivity contribution in [2.45, 2.75) is 26.4 Å². The molecule has 0 aromatic carbocycles. The average Bonchev–Trinajstić information content (AvgIpc) is 2.28. The van der Waals surface area contributed by atoms with Gasteiger partial charge in [-0.1, -0.05) is 6.92 Å². The molecule has 0 aliphatic carbocycles. The van der Waals surface area contributed by atoms with E-state index < -0.39 is 0 Å². The lowest BCUT2D eigenvalue weighted by atomic mass is 10.1. The van der Waals surface area contributed by atoms with Crippen molar-refractivity contribution in [3.8, 4) is 0 Å². The van der Waals surface area contributed by atoms with Gasteiger partial charge in [0.15, 0.2) is 0 Å². The molecule has 2 rings (SSSR count). The molecule has 82 valence electrons. The first-order valence-corrected chi connectivity index (χ1v) is 5.28. The Morgan fingerprint density at radius 1 is 1.60 bits per heavy atom. The van der Waals surface area contributed by atoms with Crippen LogP contribution >= 0.6 is 0 Å². The smallest absolute Gasteiger partial charge is 0.255 e. The van der Waals surface area contributed by atoms with Crippen molar-refractivity contribution in [3.05, 3.63) is 27.4 Å². The minimum absolute atomic E-state index is 0.0291. The molecular formula is C10H16N4O. The summed E-state index contributed by atoms with van der Waals surface area (Å²) in [5.41, 5.74) is 7.16. The summed E-state index contributed by atoms with van der Waals surface area (Å²) in [6.45, 7) is 5.04. The summed E-state index contributed by atoms with van der Waals surface area (Å²) < 4.78 is 0. The molecule has 0 saturated carbocycles. The molecule has 1 aliphatic heterocycles. The maximum atomic E-state index is 11.7. The summed E-state index contributed by atoms with van der Waals surface area (Å²) >= 11 is 0. The van der Waals surface area contributed by atoms with Crippen LogP contribution in [0.25, 0.3) is 0 Å². The van der Waals surface area contributed by atoms with Crippen molar-refractivity contribution in [3.63, 3.8) is 0 Å². The molecule has 1 aliphatic rings. The number of likely N-dealkylation sites (N-methyl/N-ethyl adjacent to an activating group) is 1. The summed E-state index contributed by atoms with van der Waals surface area (Å²) in [7, 11) is 0. The predicted molar refractivity (Wildman–Crippen MR) is 57.4 cm³/mol. The first-order chi connectivity index (χ1) is 7.24. The second-order valence-electron chi connectivity index (χ2n) is 3.76. The van der Waals surface area contributed by atoms with Gasteiger partial charge >= 0.3 is 0 Å². The fourth-order valence-electron chi connectivity index (χ4n) is 1.90. The highest BCUT2D eigenvalue weighted by Crippen LogP contribution is 2.12. The summed E-state index contributed by atoms with van der Waals surface area (Å²) in [6, 6.07) is 0. The van der Waals surface area contributed by atoms with Crippen molar-refractivity contribution in [1.29, 1.82) is 0 Å². The third-order valence-corrected chi connectivity index (χ3v) is 2.84. The van der Waals surface area contributed by atoms with Crippen LogP contribution in [0.1, 0.15) is 24.0 Å². The van der Waals surface area contributed by atoms with E-state index in [1.165, 1.54) is 0 Å². The van der Waals surface area contributed by atoms with E-state index in [-0.39, 0.29) is 5.56 Å².